The molecule has 0 saturated heterocycles. The normalized spacial score (nSPS) is 17.4. The Kier molecular flexibility index (Phi) is 6.53. The maximum Gasteiger partial charge on any atom is 0.264 e. The predicted molar refractivity (Wildman–Crippen MR) is 98.1 cm³/mol. The van der Waals surface area contributed by atoms with Gasteiger partial charge in [-0.1, -0.05) is 17.9 Å². The van der Waals surface area contributed by atoms with Crippen LogP contribution in [-0.4, -0.2) is 60.1 Å². The van der Waals surface area contributed by atoms with Gasteiger partial charge in [0.05, 0.1) is 0 Å². The standard InChI is InChI=1S/C18H23N3O4S/c1-18(17(22)20-23,26(2,24)25)9-14-21-12-7-16(8-13-21)4-3-15-5-10-19-11-6-15/h5-7,10-11,23H,8-9,12-14H2,1-2H3,(H,20,22). The number of hydrogen-bond donors (Lipinski definition) is 2. The van der Waals surface area contributed by atoms with E-state index in [1.807, 2.05) is 18.2 Å². The summed E-state index contributed by atoms with van der Waals surface area (Å²) < 4.78 is 22.3. The number of aromatic nitrogens is 1. The molecule has 1 atom stereocenters. The van der Waals surface area contributed by atoms with Crippen LogP contribution in [0.25, 0.3) is 0 Å². The molecule has 1 aliphatic heterocycles. The van der Waals surface area contributed by atoms with E-state index in [4.69, 9.17) is 5.21 Å². The summed E-state index contributed by atoms with van der Waals surface area (Å²) in [6.07, 6.45) is 7.28. The summed E-state index contributed by atoms with van der Waals surface area (Å²) in [4.78, 5) is 17.8. The van der Waals surface area contributed by atoms with E-state index >= 15 is 0 Å². The third kappa shape index (κ3) is 4.91. The van der Waals surface area contributed by atoms with E-state index in [0.29, 0.717) is 13.1 Å². The second kappa shape index (κ2) is 8.45. The summed E-state index contributed by atoms with van der Waals surface area (Å²) >= 11 is 0. The minimum atomic E-state index is -3.67. The van der Waals surface area contributed by atoms with Crippen LogP contribution in [0.4, 0.5) is 0 Å². The minimum absolute atomic E-state index is 0.101. The van der Waals surface area contributed by atoms with Gasteiger partial charge in [0.15, 0.2) is 14.6 Å². The molecule has 1 amide bonds. The molecule has 0 aromatic carbocycles. The highest BCUT2D eigenvalue weighted by Crippen LogP contribution is 2.22. The largest absolute Gasteiger partial charge is 0.299 e. The van der Waals surface area contributed by atoms with Gasteiger partial charge in [-0.15, -0.1) is 0 Å². The molecule has 0 fully saturated rings. The van der Waals surface area contributed by atoms with Crippen molar-refractivity contribution in [2.45, 2.75) is 24.5 Å². The number of sulfone groups is 1. The molecule has 2 heterocycles. The Bertz CT molecular complexity index is 840. The molecule has 7 nitrogen and oxygen atoms in total. The molecule has 2 rings (SSSR count). The smallest absolute Gasteiger partial charge is 0.264 e. The van der Waals surface area contributed by atoms with Crippen LogP contribution in [-0.2, 0) is 14.6 Å². The minimum Gasteiger partial charge on any atom is -0.299 e. The monoisotopic (exact) mass is 377 g/mol. The average Bonchev–Trinajstić information content (AvgIpc) is 2.64. The van der Waals surface area contributed by atoms with Crippen LogP contribution in [0.15, 0.2) is 36.2 Å². The van der Waals surface area contributed by atoms with Crippen LogP contribution in [0.5, 0.6) is 0 Å². The topological polar surface area (TPSA) is 99.6 Å². The lowest BCUT2D eigenvalue weighted by atomic mass is 10.0. The number of carbonyl (C=O) groups is 1. The molecule has 0 bridgehead atoms. The Morgan fingerprint density at radius 3 is 2.62 bits per heavy atom. The van der Waals surface area contributed by atoms with Crippen LogP contribution in [0.1, 0.15) is 25.3 Å². The molecule has 2 N–H and O–H groups in total. The molecule has 0 saturated carbocycles. The molecule has 26 heavy (non-hydrogen) atoms. The first-order chi connectivity index (χ1) is 12.3. The number of carbonyl (C=O) groups excluding carboxylic acids is 1. The van der Waals surface area contributed by atoms with Crippen molar-refractivity contribution in [3.05, 3.63) is 41.7 Å². The van der Waals surface area contributed by atoms with Gasteiger partial charge in [0, 0.05) is 49.4 Å². The average molecular weight is 377 g/mol. The summed E-state index contributed by atoms with van der Waals surface area (Å²) in [7, 11) is -3.67. The molecular weight excluding hydrogens is 354 g/mol. The van der Waals surface area contributed by atoms with Gasteiger partial charge >= 0.3 is 0 Å². The van der Waals surface area contributed by atoms with Crippen LogP contribution < -0.4 is 5.48 Å². The number of nitrogens with one attached hydrogen (secondary N) is 1. The third-order valence-electron chi connectivity index (χ3n) is 4.65. The lowest BCUT2D eigenvalue weighted by molar-refractivity contribution is -0.131. The number of hydroxylamine groups is 1. The Morgan fingerprint density at radius 1 is 1.38 bits per heavy atom. The van der Waals surface area contributed by atoms with Crippen molar-refractivity contribution < 1.29 is 18.4 Å². The highest BCUT2D eigenvalue weighted by atomic mass is 32.2. The van der Waals surface area contributed by atoms with Crippen LogP contribution in [0.2, 0.25) is 0 Å². The maximum absolute atomic E-state index is 12.0. The van der Waals surface area contributed by atoms with E-state index in [2.05, 4.69) is 21.7 Å². The summed E-state index contributed by atoms with van der Waals surface area (Å²) in [5, 5.41) is 8.85. The van der Waals surface area contributed by atoms with Crippen molar-refractivity contribution >= 4 is 15.7 Å². The first-order valence-electron chi connectivity index (χ1n) is 8.24. The molecule has 140 valence electrons. The first-order valence-corrected chi connectivity index (χ1v) is 10.1. The number of amides is 1. The molecule has 0 aliphatic carbocycles. The van der Waals surface area contributed by atoms with Gasteiger partial charge in [-0.05, 0) is 31.9 Å². The molecule has 8 heteroatoms. The van der Waals surface area contributed by atoms with Crippen molar-refractivity contribution in [1.29, 1.82) is 0 Å². The highest BCUT2D eigenvalue weighted by Gasteiger charge is 2.43. The molecule has 0 radical (unpaired) electrons. The lowest BCUT2D eigenvalue weighted by Gasteiger charge is -2.30. The molecule has 1 aromatic heterocycles. The van der Waals surface area contributed by atoms with Crippen molar-refractivity contribution in [1.82, 2.24) is 15.4 Å². The Morgan fingerprint density at radius 2 is 2.08 bits per heavy atom. The van der Waals surface area contributed by atoms with Crippen LogP contribution >= 0.6 is 0 Å². The zero-order valence-electron chi connectivity index (χ0n) is 14.9. The Balaban J connectivity index is 1.96. The maximum atomic E-state index is 12.0. The highest BCUT2D eigenvalue weighted by molar-refractivity contribution is 7.92. The number of hydrogen-bond acceptors (Lipinski definition) is 6. The summed E-state index contributed by atoms with van der Waals surface area (Å²) in [6, 6.07) is 3.70. The molecule has 1 aromatic rings. The molecule has 1 aliphatic rings. The van der Waals surface area contributed by atoms with Crippen molar-refractivity contribution in [2.75, 3.05) is 25.9 Å². The first kappa shape index (κ1) is 20.1. The summed E-state index contributed by atoms with van der Waals surface area (Å²) in [5.74, 6) is 5.33. The van der Waals surface area contributed by atoms with E-state index in [1.54, 1.807) is 12.4 Å². The fourth-order valence-corrected chi connectivity index (χ4v) is 3.42. The second-order valence-corrected chi connectivity index (χ2v) is 8.91. The third-order valence-corrected chi connectivity index (χ3v) is 6.67. The molecule has 1 unspecified atom stereocenters. The van der Waals surface area contributed by atoms with Gasteiger partial charge in [-0.25, -0.2) is 13.9 Å². The quantitative estimate of drug-likeness (QED) is 0.447. The summed E-state index contributed by atoms with van der Waals surface area (Å²) in [5.41, 5.74) is 3.41. The van der Waals surface area contributed by atoms with Gasteiger partial charge in [0.25, 0.3) is 5.91 Å². The Hall–Kier alpha value is -2.21. The van der Waals surface area contributed by atoms with E-state index in [-0.39, 0.29) is 6.42 Å². The fourth-order valence-electron chi connectivity index (χ4n) is 2.57. The van der Waals surface area contributed by atoms with E-state index < -0.39 is 20.5 Å². The van der Waals surface area contributed by atoms with Gasteiger partial charge in [-0.2, -0.15) is 0 Å². The molecule has 0 spiro atoms. The zero-order chi connectivity index (χ0) is 19.2. The summed E-state index contributed by atoms with van der Waals surface area (Å²) in [6.45, 7) is 3.14. The van der Waals surface area contributed by atoms with Crippen molar-refractivity contribution in [3.8, 4) is 11.8 Å². The lowest BCUT2D eigenvalue weighted by Crippen LogP contribution is -2.51. The second-order valence-electron chi connectivity index (χ2n) is 6.46. The van der Waals surface area contributed by atoms with E-state index in [9.17, 15) is 13.2 Å². The number of nitrogens with zero attached hydrogens (tertiary/aromatic N) is 2. The Labute approximate surface area is 154 Å². The van der Waals surface area contributed by atoms with Crippen LogP contribution in [0, 0.1) is 11.8 Å². The predicted octanol–water partition coefficient (Wildman–Crippen LogP) is 0.764. The van der Waals surface area contributed by atoms with Gasteiger partial charge in [0.2, 0.25) is 0 Å². The van der Waals surface area contributed by atoms with Crippen molar-refractivity contribution in [3.63, 3.8) is 0 Å². The van der Waals surface area contributed by atoms with Gasteiger partial charge in [0.1, 0.15) is 0 Å². The molecular formula is C18H23N3O4S. The van der Waals surface area contributed by atoms with Gasteiger partial charge < -0.3 is 0 Å². The SMILES string of the molecule is CC(CCN1CC=C(C#Cc2ccncc2)CC1)(C(=O)NO)S(C)(=O)=O. The zero-order valence-corrected chi connectivity index (χ0v) is 15.7. The van der Waals surface area contributed by atoms with Gasteiger partial charge in [-0.3, -0.25) is 19.9 Å². The fraction of sp³-hybridized carbons (Fsp3) is 0.444. The van der Waals surface area contributed by atoms with Crippen LogP contribution in [0.3, 0.4) is 0 Å². The number of pyridine rings is 1. The number of rotatable bonds is 5. The van der Waals surface area contributed by atoms with Crippen molar-refractivity contribution in [2.24, 2.45) is 0 Å². The van der Waals surface area contributed by atoms with E-state index in [1.165, 1.54) is 12.4 Å². The van der Waals surface area contributed by atoms with E-state index in [0.717, 1.165) is 30.4 Å².